The molecular weight excluding hydrogens is 1030 g/mol. The van der Waals surface area contributed by atoms with Gasteiger partial charge in [0.1, 0.15) is 23.5 Å². The lowest BCUT2D eigenvalue weighted by atomic mass is 9.86. The van der Waals surface area contributed by atoms with Gasteiger partial charge in [-0.1, -0.05) is 202 Å². The van der Waals surface area contributed by atoms with Crippen LogP contribution >= 0.6 is 0 Å². The van der Waals surface area contributed by atoms with Crippen LogP contribution in [0.2, 0.25) is 0 Å². The first kappa shape index (κ1) is 73.7. The molecule has 7 aromatic rings. The first-order valence-electron chi connectivity index (χ1n) is 28.2. The van der Waals surface area contributed by atoms with E-state index >= 15 is 0 Å². The van der Waals surface area contributed by atoms with Crippen molar-refractivity contribution in [3.8, 4) is 24.7 Å². The highest BCUT2D eigenvalue weighted by Crippen LogP contribution is 2.26. The minimum absolute atomic E-state index is 0.0129. The standard InChI is InChI=1S/C11H15N.C11H13N.C11H15N.C11H13N.3C10H14N2/c1-5-10-8-9(6-7-12-10)11(2,3)4;1-5-10-9(11(2,3)4)7-6-8-12-10;2*1-5-9-7-6-8-10(12-9)11(2,3)4;1-5-8-6-9(10(2,3)4)12-7-11-8;1-5-9-11-7-6-8(12-9)10(2,3)4;1-5-8-6-7-11-9(12-8)10(2,3)4/h5-8H,1H2,2-4H3;1,6-8H,2-4H3;5-8H,1H2,2-4H3;1,6-8H,2-4H3;3*5-7H,1H2,2-4H3. The Morgan fingerprint density at radius 2 is 0.857 bits per heavy atom. The van der Waals surface area contributed by atoms with Crippen LogP contribution in [-0.2, 0) is 37.9 Å². The van der Waals surface area contributed by atoms with Crippen molar-refractivity contribution in [1.29, 1.82) is 0 Å². The molecule has 444 valence electrons. The summed E-state index contributed by atoms with van der Waals surface area (Å²) in [7, 11) is 0. The first-order valence-corrected chi connectivity index (χ1v) is 28.2. The number of rotatable bonds is 5. The second-order valence-electron chi connectivity index (χ2n) is 26.7. The molecule has 0 aliphatic carbocycles. The SMILES string of the molecule is C#Cc1cccc(C(C)(C)C)n1.C#Cc1ncccc1C(C)(C)C.C=Cc1cc(C(C)(C)C)ccn1.C=Cc1cc(C(C)(C)C)ncn1.C=Cc1cccc(C(C)(C)C)n1.C=Cc1ccnc(C(C)(C)C)n1.C=Cc1nccc(C(C)(C)C)n1. The van der Waals surface area contributed by atoms with Crippen LogP contribution in [0.4, 0.5) is 0 Å². The van der Waals surface area contributed by atoms with Gasteiger partial charge < -0.3 is 0 Å². The van der Waals surface area contributed by atoms with Crippen LogP contribution in [0.5, 0.6) is 0 Å². The van der Waals surface area contributed by atoms with E-state index in [2.05, 4.69) is 246 Å². The Bertz CT molecular complexity index is 2930. The smallest absolute Gasteiger partial charge is 0.151 e. The number of hydrogen-bond acceptors (Lipinski definition) is 10. The highest BCUT2D eigenvalue weighted by molar-refractivity contribution is 5.45. The average molecular weight is 1130 g/mol. The van der Waals surface area contributed by atoms with E-state index < -0.39 is 0 Å². The summed E-state index contributed by atoms with van der Waals surface area (Å²) in [5.74, 6) is 6.68. The van der Waals surface area contributed by atoms with E-state index in [-0.39, 0.29) is 37.9 Å². The van der Waals surface area contributed by atoms with Crippen molar-refractivity contribution in [2.45, 2.75) is 183 Å². The minimum Gasteiger partial charge on any atom is -0.257 e. The van der Waals surface area contributed by atoms with E-state index in [0.717, 1.165) is 62.6 Å². The predicted octanol–water partition coefficient (Wildman–Crippen LogP) is 18.0. The number of nitrogens with zero attached hydrogens (tertiary/aromatic N) is 10. The Morgan fingerprint density at radius 1 is 0.357 bits per heavy atom. The molecule has 0 saturated carbocycles. The number of hydrogen-bond donors (Lipinski definition) is 0. The molecule has 0 atom stereocenters. The lowest BCUT2D eigenvalue weighted by Gasteiger charge is -2.19. The Balaban J connectivity index is 0.000000490. The highest BCUT2D eigenvalue weighted by Gasteiger charge is 2.20. The molecule has 10 nitrogen and oxygen atoms in total. The predicted molar refractivity (Wildman–Crippen MR) is 360 cm³/mol. The first-order chi connectivity index (χ1) is 38.8. The third-order valence-electron chi connectivity index (χ3n) is 11.9. The molecule has 0 fully saturated rings. The zero-order valence-electron chi connectivity index (χ0n) is 54.9. The quantitative estimate of drug-likeness (QED) is 0.154. The van der Waals surface area contributed by atoms with Crippen molar-refractivity contribution in [2.24, 2.45) is 0 Å². The second kappa shape index (κ2) is 33.1. The van der Waals surface area contributed by atoms with E-state index in [1.807, 2.05) is 79.0 Å². The number of aromatic nitrogens is 10. The third-order valence-corrected chi connectivity index (χ3v) is 11.9. The molecule has 0 aliphatic heterocycles. The zero-order valence-corrected chi connectivity index (χ0v) is 54.9. The minimum atomic E-state index is 0.0129. The summed E-state index contributed by atoms with van der Waals surface area (Å²) < 4.78 is 0. The Kier molecular flexibility index (Phi) is 29.0. The molecule has 0 N–H and O–H groups in total. The van der Waals surface area contributed by atoms with Crippen molar-refractivity contribution < 1.29 is 0 Å². The van der Waals surface area contributed by atoms with Crippen molar-refractivity contribution >= 4 is 30.4 Å². The number of terminal acetylenes is 2. The summed E-state index contributed by atoms with van der Waals surface area (Å²) in [6, 6.07) is 25.6. The molecule has 0 saturated heterocycles. The van der Waals surface area contributed by atoms with E-state index in [0.29, 0.717) is 11.5 Å². The molecule has 0 radical (unpaired) electrons. The summed E-state index contributed by atoms with van der Waals surface area (Å²) >= 11 is 0. The van der Waals surface area contributed by atoms with Gasteiger partial charge in [0.25, 0.3) is 0 Å². The van der Waals surface area contributed by atoms with Crippen LogP contribution < -0.4 is 0 Å². The fourth-order valence-corrected chi connectivity index (χ4v) is 6.70. The van der Waals surface area contributed by atoms with Gasteiger partial charge in [-0.05, 0) is 119 Å². The van der Waals surface area contributed by atoms with Gasteiger partial charge in [-0.2, -0.15) is 0 Å². The van der Waals surface area contributed by atoms with Gasteiger partial charge in [-0.25, -0.2) is 39.9 Å². The summed E-state index contributed by atoms with van der Waals surface area (Å²) in [5, 5.41) is 0. The van der Waals surface area contributed by atoms with Crippen molar-refractivity contribution in [1.82, 2.24) is 49.8 Å². The van der Waals surface area contributed by atoms with E-state index in [1.165, 1.54) is 5.56 Å². The molecule has 7 rings (SSSR count). The van der Waals surface area contributed by atoms with Gasteiger partial charge in [-0.3, -0.25) is 9.97 Å². The van der Waals surface area contributed by atoms with Gasteiger partial charge in [0.15, 0.2) is 5.82 Å². The average Bonchev–Trinajstić information content (AvgIpc) is 3.56. The maximum Gasteiger partial charge on any atom is 0.151 e. The van der Waals surface area contributed by atoms with E-state index in [1.54, 1.807) is 55.3 Å². The van der Waals surface area contributed by atoms with Crippen LogP contribution in [0.3, 0.4) is 0 Å². The lowest BCUT2D eigenvalue weighted by Crippen LogP contribution is -2.15. The summed E-state index contributed by atoms with van der Waals surface area (Å²) in [4.78, 5) is 42.2. The molecular formula is C74H98N10. The molecule has 0 bridgehead atoms. The largest absolute Gasteiger partial charge is 0.257 e. The van der Waals surface area contributed by atoms with Gasteiger partial charge in [0, 0.05) is 74.6 Å². The van der Waals surface area contributed by atoms with Crippen LogP contribution in [0, 0.1) is 24.7 Å². The van der Waals surface area contributed by atoms with Gasteiger partial charge >= 0.3 is 0 Å². The van der Waals surface area contributed by atoms with Crippen molar-refractivity contribution in [3.63, 3.8) is 0 Å². The second-order valence-corrected chi connectivity index (χ2v) is 26.7. The van der Waals surface area contributed by atoms with Crippen molar-refractivity contribution in [3.05, 3.63) is 223 Å². The Hall–Kier alpha value is -8.34. The number of pyridine rings is 4. The summed E-state index contributed by atoms with van der Waals surface area (Å²) in [6.45, 7) is 63.2. The molecule has 7 aromatic heterocycles. The zero-order chi connectivity index (χ0) is 64.3. The molecule has 0 aromatic carbocycles. The van der Waals surface area contributed by atoms with Crippen LogP contribution in [0.1, 0.15) is 225 Å². The molecule has 0 spiro atoms. The molecule has 0 unspecified atom stereocenters. The molecule has 84 heavy (non-hydrogen) atoms. The Labute approximate surface area is 508 Å². The van der Waals surface area contributed by atoms with Gasteiger partial charge in [-0.15, -0.1) is 12.8 Å². The molecule has 0 aliphatic rings. The monoisotopic (exact) mass is 1130 g/mol. The lowest BCUT2D eigenvalue weighted by molar-refractivity contribution is 0.544. The highest BCUT2D eigenvalue weighted by atomic mass is 14.9. The summed E-state index contributed by atoms with van der Waals surface area (Å²) in [6.07, 6.45) is 27.9. The maximum atomic E-state index is 5.33. The molecule has 0 amide bonds. The third kappa shape index (κ3) is 27.6. The fourth-order valence-electron chi connectivity index (χ4n) is 6.70. The molecule has 10 heteroatoms. The normalized spacial score (nSPS) is 11.1. The van der Waals surface area contributed by atoms with Gasteiger partial charge in [0.2, 0.25) is 0 Å². The summed E-state index contributed by atoms with van der Waals surface area (Å²) in [5.41, 5.74) is 12.5. The van der Waals surface area contributed by atoms with Crippen LogP contribution in [-0.4, -0.2) is 49.8 Å². The maximum absolute atomic E-state index is 5.33. The van der Waals surface area contributed by atoms with E-state index in [9.17, 15) is 0 Å². The molecule has 7 heterocycles. The Morgan fingerprint density at radius 3 is 1.33 bits per heavy atom. The van der Waals surface area contributed by atoms with Crippen LogP contribution in [0.25, 0.3) is 30.4 Å². The van der Waals surface area contributed by atoms with Gasteiger partial charge in [0.05, 0.1) is 22.8 Å². The van der Waals surface area contributed by atoms with E-state index in [4.69, 9.17) is 12.8 Å². The van der Waals surface area contributed by atoms with Crippen molar-refractivity contribution in [2.75, 3.05) is 0 Å². The van der Waals surface area contributed by atoms with Crippen LogP contribution in [0.15, 0.2) is 143 Å². The fraction of sp³-hybridized carbons (Fsp3) is 0.378. The topological polar surface area (TPSA) is 129 Å².